The molecule has 0 aliphatic heterocycles. The molecule has 0 fully saturated rings. The van der Waals surface area contributed by atoms with Gasteiger partial charge in [-0.1, -0.05) is 71.0 Å². The van der Waals surface area contributed by atoms with Crippen molar-refractivity contribution in [1.29, 1.82) is 0 Å². The van der Waals surface area contributed by atoms with Gasteiger partial charge in [-0.05, 0) is 95.3 Å². The maximum atomic E-state index is 6.12. The molecule has 2 heterocycles. The van der Waals surface area contributed by atoms with Gasteiger partial charge in [0.25, 0.3) is 0 Å². The molecule has 0 saturated carbocycles. The van der Waals surface area contributed by atoms with Gasteiger partial charge in [-0.2, -0.15) is 0 Å². The Morgan fingerprint density at radius 2 is 1.56 bits per heavy atom. The van der Waals surface area contributed by atoms with E-state index >= 15 is 0 Å². The molecule has 184 valence electrons. The molecule has 0 saturated heterocycles. The number of hydrogen-bond acceptors (Lipinski definition) is 2. The summed E-state index contributed by atoms with van der Waals surface area (Å²) in [7, 11) is 0. The third-order valence-corrected chi connectivity index (χ3v) is 7.17. The summed E-state index contributed by atoms with van der Waals surface area (Å²) in [5.74, 6) is 0.631. The molecule has 0 unspecified atom stereocenters. The average molecular weight is 476 g/mol. The third-order valence-electron chi connectivity index (χ3n) is 7.17. The normalized spacial score (nSPS) is 12.2. The highest BCUT2D eigenvalue weighted by atomic mass is 16.3. The van der Waals surface area contributed by atoms with Crippen LogP contribution in [0.2, 0.25) is 0 Å². The van der Waals surface area contributed by atoms with Crippen LogP contribution in [0.15, 0.2) is 65.3 Å². The minimum atomic E-state index is 0.0214. The summed E-state index contributed by atoms with van der Waals surface area (Å²) in [6.07, 6.45) is 2.93. The Morgan fingerprint density at radius 1 is 0.861 bits per heavy atom. The fourth-order valence-corrected chi connectivity index (χ4v) is 5.60. The SMILES string of the molecule is Cc1cc(CC(C)C)cc(C)c1-c1cc(-c2cc(C(C)(C)C)c3ccccc3c2)nc2c(C)coc12. The van der Waals surface area contributed by atoms with Crippen LogP contribution in [0.5, 0.6) is 0 Å². The lowest BCUT2D eigenvalue weighted by Crippen LogP contribution is -2.12. The van der Waals surface area contributed by atoms with Gasteiger partial charge in [0.2, 0.25) is 0 Å². The standard InChI is InChI=1S/C34H37NO/c1-20(2)13-24-14-21(3)31(22(4)15-24)28-18-30(35-32-23(5)19-36-33(28)32)26-16-25-11-9-10-12-27(25)29(17-26)34(6,7)8/h9-12,14-20H,13H2,1-8H3. The van der Waals surface area contributed by atoms with Crippen LogP contribution < -0.4 is 0 Å². The molecule has 0 aliphatic carbocycles. The van der Waals surface area contributed by atoms with E-state index in [1.807, 2.05) is 6.26 Å². The third kappa shape index (κ3) is 4.34. The first-order valence-electron chi connectivity index (χ1n) is 13.1. The van der Waals surface area contributed by atoms with E-state index in [1.165, 1.54) is 38.6 Å². The molecule has 5 aromatic rings. The van der Waals surface area contributed by atoms with Gasteiger partial charge in [-0.3, -0.25) is 0 Å². The molecule has 0 amide bonds. The van der Waals surface area contributed by atoms with Gasteiger partial charge in [-0.15, -0.1) is 0 Å². The lowest BCUT2D eigenvalue weighted by molar-refractivity contribution is 0.596. The first-order valence-corrected chi connectivity index (χ1v) is 13.1. The zero-order chi connectivity index (χ0) is 25.8. The number of pyridine rings is 1. The zero-order valence-corrected chi connectivity index (χ0v) is 22.9. The van der Waals surface area contributed by atoms with Gasteiger partial charge in [0.15, 0.2) is 5.58 Å². The van der Waals surface area contributed by atoms with Crippen molar-refractivity contribution in [1.82, 2.24) is 4.98 Å². The highest BCUT2D eigenvalue weighted by molar-refractivity contribution is 5.97. The molecule has 0 aliphatic rings. The largest absolute Gasteiger partial charge is 0.462 e. The molecule has 5 rings (SSSR count). The Bertz CT molecular complexity index is 1570. The molecule has 2 aromatic heterocycles. The topological polar surface area (TPSA) is 26.0 Å². The minimum absolute atomic E-state index is 0.0214. The van der Waals surface area contributed by atoms with Gasteiger partial charge >= 0.3 is 0 Å². The molecule has 2 nitrogen and oxygen atoms in total. The van der Waals surface area contributed by atoms with Crippen molar-refractivity contribution in [2.45, 2.75) is 67.2 Å². The molecule has 0 radical (unpaired) electrons. The van der Waals surface area contributed by atoms with Crippen LogP contribution in [-0.2, 0) is 11.8 Å². The van der Waals surface area contributed by atoms with Crippen molar-refractivity contribution in [2.24, 2.45) is 5.92 Å². The zero-order valence-electron chi connectivity index (χ0n) is 22.9. The van der Waals surface area contributed by atoms with E-state index in [4.69, 9.17) is 9.40 Å². The second kappa shape index (κ2) is 8.92. The maximum absolute atomic E-state index is 6.12. The van der Waals surface area contributed by atoms with E-state index in [0.29, 0.717) is 5.92 Å². The van der Waals surface area contributed by atoms with Gasteiger partial charge in [0, 0.05) is 16.7 Å². The predicted molar refractivity (Wildman–Crippen MR) is 154 cm³/mol. The Morgan fingerprint density at radius 3 is 2.22 bits per heavy atom. The van der Waals surface area contributed by atoms with E-state index in [9.17, 15) is 0 Å². The monoisotopic (exact) mass is 475 g/mol. The van der Waals surface area contributed by atoms with Gasteiger partial charge in [-0.25, -0.2) is 4.98 Å². The Kier molecular flexibility index (Phi) is 6.03. The minimum Gasteiger partial charge on any atom is -0.462 e. The maximum Gasteiger partial charge on any atom is 0.160 e. The fourth-order valence-electron chi connectivity index (χ4n) is 5.60. The number of furan rings is 1. The first-order chi connectivity index (χ1) is 17.0. The lowest BCUT2D eigenvalue weighted by Gasteiger charge is -2.23. The molecule has 0 spiro atoms. The Labute approximate surface area is 215 Å². The number of aryl methyl sites for hydroxylation is 3. The molecular weight excluding hydrogens is 438 g/mol. The summed E-state index contributed by atoms with van der Waals surface area (Å²) in [5.41, 5.74) is 12.7. The van der Waals surface area contributed by atoms with Crippen molar-refractivity contribution >= 4 is 21.9 Å². The fraction of sp³-hybridized carbons (Fsp3) is 0.324. The summed E-state index contributed by atoms with van der Waals surface area (Å²) in [6, 6.07) is 20.2. The number of hydrogen-bond donors (Lipinski definition) is 0. The van der Waals surface area contributed by atoms with Crippen LogP contribution in [0.25, 0.3) is 44.3 Å². The Balaban J connectivity index is 1.78. The molecule has 0 N–H and O–H groups in total. The van der Waals surface area contributed by atoms with Crippen LogP contribution in [0.3, 0.4) is 0 Å². The van der Waals surface area contributed by atoms with Crippen molar-refractivity contribution in [2.75, 3.05) is 0 Å². The smallest absolute Gasteiger partial charge is 0.160 e. The highest BCUT2D eigenvalue weighted by Crippen LogP contribution is 2.40. The molecule has 3 aromatic carbocycles. The molecule has 0 atom stereocenters. The Hall–Kier alpha value is -3.39. The summed E-state index contributed by atoms with van der Waals surface area (Å²) >= 11 is 0. The average Bonchev–Trinajstić information content (AvgIpc) is 3.17. The molecule has 36 heavy (non-hydrogen) atoms. The van der Waals surface area contributed by atoms with Crippen LogP contribution in [0.1, 0.15) is 62.4 Å². The molecular formula is C34H37NO. The number of fused-ring (bicyclic) bond motifs is 2. The summed E-state index contributed by atoms with van der Waals surface area (Å²) < 4.78 is 6.12. The summed E-state index contributed by atoms with van der Waals surface area (Å²) in [6.45, 7) is 17.9. The lowest BCUT2D eigenvalue weighted by atomic mass is 9.82. The summed E-state index contributed by atoms with van der Waals surface area (Å²) in [5, 5.41) is 2.56. The van der Waals surface area contributed by atoms with E-state index < -0.39 is 0 Å². The van der Waals surface area contributed by atoms with E-state index in [2.05, 4.69) is 110 Å². The number of benzene rings is 3. The quantitative estimate of drug-likeness (QED) is 0.258. The summed E-state index contributed by atoms with van der Waals surface area (Å²) in [4.78, 5) is 5.14. The predicted octanol–water partition coefficient (Wildman–Crippen LogP) is 9.74. The van der Waals surface area contributed by atoms with Crippen LogP contribution >= 0.6 is 0 Å². The molecule has 2 heteroatoms. The van der Waals surface area contributed by atoms with Gasteiger partial charge < -0.3 is 4.42 Å². The van der Waals surface area contributed by atoms with Crippen molar-refractivity contribution < 1.29 is 4.42 Å². The number of aromatic nitrogens is 1. The van der Waals surface area contributed by atoms with Crippen molar-refractivity contribution in [3.63, 3.8) is 0 Å². The van der Waals surface area contributed by atoms with E-state index in [0.717, 1.165) is 39.9 Å². The van der Waals surface area contributed by atoms with E-state index in [-0.39, 0.29) is 5.41 Å². The second-order valence-electron chi connectivity index (χ2n) is 11.8. The van der Waals surface area contributed by atoms with Crippen LogP contribution in [0, 0.1) is 26.7 Å². The van der Waals surface area contributed by atoms with Crippen molar-refractivity contribution in [3.05, 3.63) is 88.7 Å². The number of rotatable bonds is 4. The highest BCUT2D eigenvalue weighted by Gasteiger charge is 2.21. The van der Waals surface area contributed by atoms with Gasteiger partial charge in [0.05, 0.1) is 12.0 Å². The van der Waals surface area contributed by atoms with Gasteiger partial charge in [0.1, 0.15) is 5.52 Å². The van der Waals surface area contributed by atoms with E-state index in [1.54, 1.807) is 0 Å². The number of nitrogens with zero attached hydrogens (tertiary/aromatic N) is 1. The second-order valence-corrected chi connectivity index (χ2v) is 11.8. The van der Waals surface area contributed by atoms with Crippen LogP contribution in [-0.4, -0.2) is 4.98 Å². The van der Waals surface area contributed by atoms with Crippen LogP contribution in [0.4, 0.5) is 0 Å². The van der Waals surface area contributed by atoms with Crippen molar-refractivity contribution in [3.8, 4) is 22.4 Å². The molecule has 0 bridgehead atoms. The first kappa shape index (κ1) is 24.3.